The lowest BCUT2D eigenvalue weighted by molar-refractivity contribution is 0.102. The minimum absolute atomic E-state index is 0.149. The second-order valence-corrected chi connectivity index (χ2v) is 9.10. The summed E-state index contributed by atoms with van der Waals surface area (Å²) in [7, 11) is -3.83. The Labute approximate surface area is 170 Å². The standard InChI is InChI=1S/C21H15FN2O3S2/c22-16-7-9-17(10-8-16)23-21(25)18-12-14-4-1-2-5-15(14)13-19(18)24-29(26,27)20-6-3-11-28-20/h1-13,24H,(H,23,25). The zero-order valence-electron chi connectivity index (χ0n) is 14.9. The summed E-state index contributed by atoms with van der Waals surface area (Å²) in [6.45, 7) is 0. The molecule has 0 aliphatic rings. The van der Waals surface area contributed by atoms with E-state index in [0.717, 1.165) is 22.1 Å². The number of sulfonamides is 1. The molecule has 1 aromatic heterocycles. The molecule has 0 saturated heterocycles. The van der Waals surface area contributed by atoms with Gasteiger partial charge in [-0.25, -0.2) is 12.8 Å². The van der Waals surface area contributed by atoms with Crippen molar-refractivity contribution >= 4 is 49.4 Å². The topological polar surface area (TPSA) is 75.3 Å². The number of fused-ring (bicyclic) bond motifs is 1. The van der Waals surface area contributed by atoms with E-state index < -0.39 is 21.7 Å². The molecule has 1 amide bonds. The second-order valence-electron chi connectivity index (χ2n) is 6.24. The minimum atomic E-state index is -3.83. The summed E-state index contributed by atoms with van der Waals surface area (Å²) in [6.07, 6.45) is 0. The lowest BCUT2D eigenvalue weighted by Gasteiger charge is -2.14. The molecule has 3 aromatic carbocycles. The highest BCUT2D eigenvalue weighted by atomic mass is 32.2. The summed E-state index contributed by atoms with van der Waals surface area (Å²) in [4.78, 5) is 12.9. The van der Waals surface area contributed by atoms with Crippen LogP contribution in [0.5, 0.6) is 0 Å². The number of halogens is 1. The number of benzene rings is 3. The number of anilines is 2. The molecule has 5 nitrogen and oxygen atoms in total. The van der Waals surface area contributed by atoms with Gasteiger partial charge in [0.25, 0.3) is 15.9 Å². The smallest absolute Gasteiger partial charge is 0.271 e. The molecule has 2 N–H and O–H groups in total. The number of hydrogen-bond donors (Lipinski definition) is 2. The van der Waals surface area contributed by atoms with Crippen molar-refractivity contribution in [1.82, 2.24) is 0 Å². The molecule has 0 unspecified atom stereocenters. The molecule has 0 fully saturated rings. The maximum absolute atomic E-state index is 13.1. The van der Waals surface area contributed by atoms with Crippen molar-refractivity contribution in [3.8, 4) is 0 Å². The molecule has 1 heterocycles. The van der Waals surface area contributed by atoms with Crippen molar-refractivity contribution in [3.63, 3.8) is 0 Å². The van der Waals surface area contributed by atoms with Crippen LogP contribution >= 0.6 is 11.3 Å². The molecule has 0 spiro atoms. The number of hydrogen-bond acceptors (Lipinski definition) is 4. The van der Waals surface area contributed by atoms with Crippen LogP contribution in [-0.2, 0) is 10.0 Å². The fraction of sp³-hybridized carbons (Fsp3) is 0. The van der Waals surface area contributed by atoms with Gasteiger partial charge in [0.2, 0.25) is 0 Å². The van der Waals surface area contributed by atoms with Crippen LogP contribution in [0.2, 0.25) is 0 Å². The van der Waals surface area contributed by atoms with Crippen molar-refractivity contribution in [2.24, 2.45) is 0 Å². The highest BCUT2D eigenvalue weighted by Crippen LogP contribution is 2.28. The van der Waals surface area contributed by atoms with E-state index in [9.17, 15) is 17.6 Å². The van der Waals surface area contributed by atoms with Crippen LogP contribution in [0.3, 0.4) is 0 Å². The molecule has 0 aliphatic heterocycles. The van der Waals surface area contributed by atoms with Crippen molar-refractivity contribution < 1.29 is 17.6 Å². The average molecular weight is 426 g/mol. The molecular weight excluding hydrogens is 411 g/mol. The Hall–Kier alpha value is -3.23. The van der Waals surface area contributed by atoms with Crippen molar-refractivity contribution in [2.45, 2.75) is 4.21 Å². The Morgan fingerprint density at radius 1 is 0.897 bits per heavy atom. The van der Waals surface area contributed by atoms with Crippen LogP contribution in [0, 0.1) is 5.82 Å². The first kappa shape index (κ1) is 19.1. The predicted octanol–water partition coefficient (Wildman–Crippen LogP) is 5.09. The van der Waals surface area contributed by atoms with Crippen molar-refractivity contribution in [3.05, 3.63) is 89.6 Å². The number of thiophene rings is 1. The van der Waals surface area contributed by atoms with Gasteiger partial charge in [0.1, 0.15) is 10.0 Å². The maximum atomic E-state index is 13.1. The normalized spacial score (nSPS) is 11.3. The summed E-state index contributed by atoms with van der Waals surface area (Å²) >= 11 is 1.08. The second kappa shape index (κ2) is 7.65. The number of carbonyl (C=O) groups is 1. The van der Waals surface area contributed by atoms with E-state index in [1.54, 1.807) is 23.6 Å². The molecular formula is C21H15FN2O3S2. The van der Waals surface area contributed by atoms with E-state index in [-0.39, 0.29) is 15.5 Å². The molecule has 0 bridgehead atoms. The van der Waals surface area contributed by atoms with Crippen molar-refractivity contribution in [2.75, 3.05) is 10.0 Å². The Morgan fingerprint density at radius 3 is 2.24 bits per heavy atom. The van der Waals surface area contributed by atoms with Gasteiger partial charge in [0.05, 0.1) is 11.3 Å². The predicted molar refractivity (Wildman–Crippen MR) is 113 cm³/mol. The first-order valence-corrected chi connectivity index (χ1v) is 10.9. The van der Waals surface area contributed by atoms with Gasteiger partial charge >= 0.3 is 0 Å². The summed E-state index contributed by atoms with van der Waals surface area (Å²) < 4.78 is 41.2. The molecule has 0 aliphatic carbocycles. The number of amides is 1. The zero-order valence-corrected chi connectivity index (χ0v) is 16.6. The largest absolute Gasteiger partial charge is 0.322 e. The molecule has 0 atom stereocenters. The molecule has 0 radical (unpaired) electrons. The SMILES string of the molecule is O=C(Nc1ccc(F)cc1)c1cc2ccccc2cc1NS(=O)(=O)c1cccs1. The first-order chi connectivity index (χ1) is 13.9. The van der Waals surface area contributed by atoms with E-state index in [0.29, 0.717) is 5.69 Å². The zero-order chi connectivity index (χ0) is 20.4. The van der Waals surface area contributed by atoms with Gasteiger partial charge in [-0.2, -0.15) is 0 Å². The minimum Gasteiger partial charge on any atom is -0.322 e. The molecule has 4 rings (SSSR count). The monoisotopic (exact) mass is 426 g/mol. The van der Waals surface area contributed by atoms with Gasteiger partial charge in [-0.15, -0.1) is 11.3 Å². The Kier molecular flexibility index (Phi) is 5.04. The van der Waals surface area contributed by atoms with E-state index in [2.05, 4.69) is 10.0 Å². The summed E-state index contributed by atoms with van der Waals surface area (Å²) in [5.74, 6) is -0.927. The lowest BCUT2D eigenvalue weighted by Crippen LogP contribution is -2.18. The van der Waals surface area contributed by atoms with Crippen molar-refractivity contribution in [1.29, 1.82) is 0 Å². The van der Waals surface area contributed by atoms with Crippen LogP contribution in [0.4, 0.5) is 15.8 Å². The maximum Gasteiger partial charge on any atom is 0.271 e. The number of carbonyl (C=O) groups excluding carboxylic acids is 1. The highest BCUT2D eigenvalue weighted by molar-refractivity contribution is 7.94. The van der Waals surface area contributed by atoms with Crippen LogP contribution < -0.4 is 10.0 Å². The molecule has 0 saturated carbocycles. The van der Waals surface area contributed by atoms with Gasteiger partial charge in [0.15, 0.2) is 0 Å². The number of nitrogens with one attached hydrogen (secondary N) is 2. The molecule has 29 heavy (non-hydrogen) atoms. The number of rotatable bonds is 5. The summed E-state index contributed by atoms with van der Waals surface area (Å²) in [5, 5.41) is 5.91. The van der Waals surface area contributed by atoms with E-state index in [1.807, 2.05) is 24.3 Å². The van der Waals surface area contributed by atoms with Gasteiger partial charge < -0.3 is 5.32 Å². The molecule has 8 heteroatoms. The molecule has 4 aromatic rings. The molecule has 146 valence electrons. The summed E-state index contributed by atoms with van der Waals surface area (Å²) in [6, 6.07) is 19.0. The summed E-state index contributed by atoms with van der Waals surface area (Å²) in [5.41, 5.74) is 0.724. The van der Waals surface area contributed by atoms with E-state index >= 15 is 0 Å². The Balaban J connectivity index is 1.75. The third kappa shape index (κ3) is 4.13. The lowest BCUT2D eigenvalue weighted by atomic mass is 10.0. The third-order valence-corrected chi connectivity index (χ3v) is 7.00. The third-order valence-electron chi connectivity index (χ3n) is 4.24. The van der Waals surface area contributed by atoms with E-state index in [4.69, 9.17) is 0 Å². The highest BCUT2D eigenvalue weighted by Gasteiger charge is 2.20. The van der Waals surface area contributed by atoms with Gasteiger partial charge in [-0.3, -0.25) is 9.52 Å². The van der Waals surface area contributed by atoms with Gasteiger partial charge in [-0.05, 0) is 58.6 Å². The Morgan fingerprint density at radius 2 is 1.59 bits per heavy atom. The van der Waals surface area contributed by atoms with Crippen LogP contribution in [0.15, 0.2) is 82.4 Å². The Bertz CT molecular complexity index is 1290. The first-order valence-electron chi connectivity index (χ1n) is 8.58. The van der Waals surface area contributed by atoms with Crippen LogP contribution in [0.1, 0.15) is 10.4 Å². The fourth-order valence-electron chi connectivity index (χ4n) is 2.86. The fourth-order valence-corrected chi connectivity index (χ4v) is 4.92. The van der Waals surface area contributed by atoms with Crippen LogP contribution in [0.25, 0.3) is 10.8 Å². The van der Waals surface area contributed by atoms with Crippen LogP contribution in [-0.4, -0.2) is 14.3 Å². The van der Waals surface area contributed by atoms with Gasteiger partial charge in [-0.1, -0.05) is 30.3 Å². The average Bonchev–Trinajstić information content (AvgIpc) is 3.25. The quantitative estimate of drug-likeness (QED) is 0.467. The van der Waals surface area contributed by atoms with Gasteiger partial charge in [0, 0.05) is 5.69 Å². The van der Waals surface area contributed by atoms with E-state index in [1.165, 1.54) is 30.3 Å².